The molecule has 0 amide bonds. The van der Waals surface area contributed by atoms with E-state index in [-0.39, 0.29) is 0 Å². The molecule has 0 unspecified atom stereocenters. The number of benzene rings is 9. The third-order valence-corrected chi connectivity index (χ3v) is 13.1. The van der Waals surface area contributed by atoms with Gasteiger partial charge in [0.15, 0.2) is 17.5 Å². The van der Waals surface area contributed by atoms with Crippen LogP contribution in [-0.2, 0) is 0 Å². The molecule has 0 saturated carbocycles. The Bertz CT molecular complexity index is 3690. The van der Waals surface area contributed by atoms with E-state index in [0.29, 0.717) is 17.5 Å². The van der Waals surface area contributed by atoms with E-state index in [2.05, 4.69) is 168 Å². The number of hydrogen-bond acceptors (Lipinski definition) is 4. The van der Waals surface area contributed by atoms with E-state index in [4.69, 9.17) is 15.0 Å². The van der Waals surface area contributed by atoms with Crippen LogP contribution in [0, 0.1) is 0 Å². The first-order valence-corrected chi connectivity index (χ1v) is 20.4. The summed E-state index contributed by atoms with van der Waals surface area (Å²) in [7, 11) is 0. The standard InChI is InChI=1S/C53H30N4S/c1-2-13-32(14-3-1)51-54-52(40-23-12-26-46-48(40)39-20-8-9-25-45(39)58-46)56-53(55-51)41-29-33-15-4-5-16-34(33)30-44(41)57-42-24-11-22-38-36-19-7-6-18-35(36)37-21-10-17-31-27-28-43(57)50(47(31)37)49(38)42/h1-30H. The second-order valence-electron chi connectivity index (χ2n) is 15.1. The van der Waals surface area contributed by atoms with Gasteiger partial charge in [-0.25, -0.2) is 15.0 Å². The van der Waals surface area contributed by atoms with Gasteiger partial charge in [0.25, 0.3) is 0 Å². The molecule has 12 aromatic rings. The first-order chi connectivity index (χ1) is 28.8. The van der Waals surface area contributed by atoms with Crippen molar-refractivity contribution in [3.8, 4) is 62.1 Å². The Hall–Kier alpha value is -7.47. The lowest BCUT2D eigenvalue weighted by atomic mass is 9.93. The summed E-state index contributed by atoms with van der Waals surface area (Å²) in [6.45, 7) is 0. The largest absolute Gasteiger partial charge is 0.308 e. The Morgan fingerprint density at radius 2 is 0.931 bits per heavy atom. The van der Waals surface area contributed by atoms with Gasteiger partial charge < -0.3 is 4.57 Å². The maximum atomic E-state index is 5.47. The molecule has 3 heterocycles. The first-order valence-electron chi connectivity index (χ1n) is 19.6. The molecule has 0 atom stereocenters. The predicted molar refractivity (Wildman–Crippen MR) is 243 cm³/mol. The Labute approximate surface area is 337 Å². The number of rotatable bonds is 4. The highest BCUT2D eigenvalue weighted by molar-refractivity contribution is 7.25. The first kappa shape index (κ1) is 31.7. The molecule has 1 aliphatic carbocycles. The Morgan fingerprint density at radius 3 is 1.78 bits per heavy atom. The fourth-order valence-electron chi connectivity index (χ4n) is 9.47. The molecule has 0 bridgehead atoms. The molecule has 58 heavy (non-hydrogen) atoms. The van der Waals surface area contributed by atoms with Gasteiger partial charge in [-0.3, -0.25) is 0 Å². The van der Waals surface area contributed by atoms with Crippen LogP contribution in [0.5, 0.6) is 0 Å². The number of fused-ring (bicyclic) bond motifs is 7. The molecular formula is C53H30N4S. The Morgan fingerprint density at radius 1 is 0.345 bits per heavy atom. The highest BCUT2D eigenvalue weighted by atomic mass is 32.1. The van der Waals surface area contributed by atoms with Crippen molar-refractivity contribution in [2.75, 3.05) is 0 Å². The van der Waals surface area contributed by atoms with Gasteiger partial charge in [0.05, 0.1) is 16.7 Å². The number of nitrogens with zero attached hydrogens (tertiary/aromatic N) is 4. The zero-order valence-corrected chi connectivity index (χ0v) is 31.8. The lowest BCUT2D eigenvalue weighted by Gasteiger charge is -2.17. The van der Waals surface area contributed by atoms with Crippen molar-refractivity contribution < 1.29 is 0 Å². The SMILES string of the molecule is c1ccc(-c2nc(-c3cc4ccccc4cc3-n3c4cccc5c4c4c6c(cccc6ccc43)-c3ccccc3-5)nc(-c3cccc4sc5ccccc5c34)n2)cc1. The van der Waals surface area contributed by atoms with Gasteiger partial charge in [-0.15, -0.1) is 11.3 Å². The van der Waals surface area contributed by atoms with Crippen molar-refractivity contribution in [1.29, 1.82) is 0 Å². The van der Waals surface area contributed by atoms with Crippen molar-refractivity contribution in [2.24, 2.45) is 0 Å². The fraction of sp³-hybridized carbons (Fsp3) is 0. The summed E-state index contributed by atoms with van der Waals surface area (Å²) in [6.07, 6.45) is 0. The average Bonchev–Trinajstić information content (AvgIpc) is 3.81. The van der Waals surface area contributed by atoms with Gasteiger partial charge >= 0.3 is 0 Å². The highest BCUT2D eigenvalue weighted by Crippen LogP contribution is 2.50. The maximum Gasteiger partial charge on any atom is 0.166 e. The molecule has 1 aliphatic rings. The molecule has 0 fully saturated rings. The van der Waals surface area contributed by atoms with Crippen molar-refractivity contribution in [3.63, 3.8) is 0 Å². The number of hydrogen-bond donors (Lipinski definition) is 0. The van der Waals surface area contributed by atoms with Crippen LogP contribution in [0.25, 0.3) is 126 Å². The molecule has 13 rings (SSSR count). The maximum absolute atomic E-state index is 5.47. The van der Waals surface area contributed by atoms with E-state index >= 15 is 0 Å². The minimum absolute atomic E-state index is 0.631. The summed E-state index contributed by atoms with van der Waals surface area (Å²) in [5.74, 6) is 1.93. The molecule has 0 N–H and O–H groups in total. The van der Waals surface area contributed by atoms with Gasteiger partial charge in [-0.05, 0) is 80.2 Å². The predicted octanol–water partition coefficient (Wildman–Crippen LogP) is 14.3. The van der Waals surface area contributed by atoms with Gasteiger partial charge in [-0.2, -0.15) is 0 Å². The molecular weight excluding hydrogens is 725 g/mol. The summed E-state index contributed by atoms with van der Waals surface area (Å²) in [6, 6.07) is 65.5. The molecule has 268 valence electrons. The van der Waals surface area contributed by atoms with Crippen LogP contribution in [0.2, 0.25) is 0 Å². The van der Waals surface area contributed by atoms with Crippen LogP contribution in [0.1, 0.15) is 0 Å². The van der Waals surface area contributed by atoms with E-state index in [1.165, 1.54) is 64.0 Å². The molecule has 9 aromatic carbocycles. The molecule has 3 aromatic heterocycles. The van der Waals surface area contributed by atoms with Gasteiger partial charge in [0.2, 0.25) is 0 Å². The minimum Gasteiger partial charge on any atom is -0.308 e. The molecule has 5 heteroatoms. The number of thiophene rings is 1. The molecule has 4 nitrogen and oxygen atoms in total. The van der Waals surface area contributed by atoms with Crippen LogP contribution in [0.3, 0.4) is 0 Å². The van der Waals surface area contributed by atoms with E-state index in [9.17, 15) is 0 Å². The second kappa shape index (κ2) is 12.0. The Kier molecular flexibility index (Phi) is 6.57. The summed E-state index contributed by atoms with van der Waals surface area (Å²) in [4.78, 5) is 16.1. The topological polar surface area (TPSA) is 43.6 Å². The highest BCUT2D eigenvalue weighted by Gasteiger charge is 2.27. The van der Waals surface area contributed by atoms with Crippen LogP contribution in [-0.4, -0.2) is 19.5 Å². The van der Waals surface area contributed by atoms with Crippen molar-refractivity contribution in [3.05, 3.63) is 182 Å². The molecule has 0 radical (unpaired) electrons. The van der Waals surface area contributed by atoms with E-state index in [0.717, 1.165) is 44.2 Å². The number of aromatic nitrogens is 4. The molecule has 0 saturated heterocycles. The second-order valence-corrected chi connectivity index (χ2v) is 16.2. The third kappa shape index (κ3) is 4.47. The van der Waals surface area contributed by atoms with Gasteiger partial charge in [0.1, 0.15) is 0 Å². The van der Waals surface area contributed by atoms with Gasteiger partial charge in [-0.1, -0.05) is 146 Å². The van der Waals surface area contributed by atoms with Crippen molar-refractivity contribution in [2.45, 2.75) is 0 Å². The quantitative estimate of drug-likeness (QED) is 0.180. The summed E-state index contributed by atoms with van der Waals surface area (Å²) in [5, 5.41) is 9.71. The zero-order valence-electron chi connectivity index (χ0n) is 31.0. The molecule has 0 aliphatic heterocycles. The average molecular weight is 755 g/mol. The van der Waals surface area contributed by atoms with Crippen molar-refractivity contribution in [1.82, 2.24) is 19.5 Å². The summed E-state index contributed by atoms with van der Waals surface area (Å²) < 4.78 is 4.92. The van der Waals surface area contributed by atoms with Crippen LogP contribution in [0.4, 0.5) is 0 Å². The van der Waals surface area contributed by atoms with Crippen LogP contribution >= 0.6 is 11.3 Å². The summed E-state index contributed by atoms with van der Waals surface area (Å²) >= 11 is 1.80. The smallest absolute Gasteiger partial charge is 0.166 e. The van der Waals surface area contributed by atoms with Crippen LogP contribution < -0.4 is 0 Å². The third-order valence-electron chi connectivity index (χ3n) is 12.0. The monoisotopic (exact) mass is 754 g/mol. The van der Waals surface area contributed by atoms with E-state index in [1.54, 1.807) is 11.3 Å². The zero-order chi connectivity index (χ0) is 37.9. The lowest BCUT2D eigenvalue weighted by Crippen LogP contribution is -2.04. The van der Waals surface area contributed by atoms with E-state index < -0.39 is 0 Å². The minimum atomic E-state index is 0.631. The van der Waals surface area contributed by atoms with Crippen LogP contribution in [0.15, 0.2) is 182 Å². The van der Waals surface area contributed by atoms with Gasteiger partial charge in [0, 0.05) is 47.6 Å². The summed E-state index contributed by atoms with van der Waals surface area (Å²) in [5.41, 5.74) is 11.2. The normalized spacial score (nSPS) is 12.1. The van der Waals surface area contributed by atoms with Crippen molar-refractivity contribution >= 4 is 74.9 Å². The lowest BCUT2D eigenvalue weighted by molar-refractivity contribution is 1.07. The molecule has 0 spiro atoms. The van der Waals surface area contributed by atoms with E-state index in [1.807, 2.05) is 18.2 Å². The Balaban J connectivity index is 1.16. The fourth-order valence-corrected chi connectivity index (χ4v) is 10.6.